The standard InChI is InChI=1S/C12H15ClN2O2/c1-12(2)8-17-6-5-15(12)11(16)9-3-4-14-7-10(9)13/h3-4,7H,5-6,8H2,1-2H3. The van der Waals surface area contributed by atoms with Crippen LogP contribution >= 0.6 is 11.6 Å². The van der Waals surface area contributed by atoms with E-state index in [1.807, 2.05) is 13.8 Å². The van der Waals surface area contributed by atoms with Crippen molar-refractivity contribution >= 4 is 17.5 Å². The molecule has 1 aromatic rings. The topological polar surface area (TPSA) is 42.4 Å². The summed E-state index contributed by atoms with van der Waals surface area (Å²) in [6.45, 7) is 5.67. The second kappa shape index (κ2) is 4.63. The van der Waals surface area contributed by atoms with E-state index in [1.54, 1.807) is 17.2 Å². The zero-order chi connectivity index (χ0) is 12.5. The lowest BCUT2D eigenvalue weighted by atomic mass is 10.0. The zero-order valence-electron chi connectivity index (χ0n) is 9.94. The van der Waals surface area contributed by atoms with Gasteiger partial charge in [0.2, 0.25) is 0 Å². The van der Waals surface area contributed by atoms with Crippen molar-refractivity contribution in [3.05, 3.63) is 29.0 Å². The number of hydrogen-bond donors (Lipinski definition) is 0. The van der Waals surface area contributed by atoms with Crippen molar-refractivity contribution in [2.75, 3.05) is 19.8 Å². The zero-order valence-corrected chi connectivity index (χ0v) is 10.7. The Morgan fingerprint density at radius 2 is 2.35 bits per heavy atom. The van der Waals surface area contributed by atoms with Gasteiger partial charge in [-0.05, 0) is 19.9 Å². The van der Waals surface area contributed by atoms with Crippen LogP contribution in [0.5, 0.6) is 0 Å². The minimum Gasteiger partial charge on any atom is -0.377 e. The molecule has 0 bridgehead atoms. The van der Waals surface area contributed by atoms with Crippen LogP contribution in [0.3, 0.4) is 0 Å². The van der Waals surface area contributed by atoms with Crippen molar-refractivity contribution in [2.45, 2.75) is 19.4 Å². The third-order valence-corrected chi connectivity index (χ3v) is 3.19. The van der Waals surface area contributed by atoms with Gasteiger partial charge in [-0.3, -0.25) is 9.78 Å². The molecular formula is C12H15ClN2O2. The molecule has 1 aliphatic heterocycles. The first-order chi connectivity index (χ1) is 8.02. The van der Waals surface area contributed by atoms with Gasteiger partial charge in [-0.15, -0.1) is 0 Å². The number of nitrogens with zero attached hydrogens (tertiary/aromatic N) is 2. The Balaban J connectivity index is 2.28. The van der Waals surface area contributed by atoms with E-state index in [9.17, 15) is 4.79 Å². The third-order valence-electron chi connectivity index (χ3n) is 2.89. The third kappa shape index (κ3) is 2.42. The Morgan fingerprint density at radius 3 is 3.00 bits per heavy atom. The Hall–Kier alpha value is -1.13. The summed E-state index contributed by atoms with van der Waals surface area (Å²) in [6.07, 6.45) is 3.06. The molecule has 2 rings (SSSR count). The lowest BCUT2D eigenvalue weighted by Crippen LogP contribution is -2.55. The summed E-state index contributed by atoms with van der Waals surface area (Å²) in [5.41, 5.74) is 0.193. The van der Waals surface area contributed by atoms with Gasteiger partial charge in [0.15, 0.2) is 0 Å². The molecule has 92 valence electrons. The van der Waals surface area contributed by atoms with Crippen molar-refractivity contribution in [3.8, 4) is 0 Å². The molecule has 4 nitrogen and oxygen atoms in total. The predicted octanol–water partition coefficient (Wildman–Crippen LogP) is 1.99. The number of pyridine rings is 1. The van der Waals surface area contributed by atoms with Gasteiger partial charge in [-0.2, -0.15) is 0 Å². The summed E-state index contributed by atoms with van der Waals surface area (Å²) >= 11 is 5.99. The van der Waals surface area contributed by atoms with Gasteiger partial charge < -0.3 is 9.64 Å². The number of carbonyl (C=O) groups excluding carboxylic acids is 1. The van der Waals surface area contributed by atoms with Crippen LogP contribution in [0.2, 0.25) is 5.02 Å². The predicted molar refractivity (Wildman–Crippen MR) is 65.2 cm³/mol. The molecule has 0 spiro atoms. The van der Waals surface area contributed by atoms with Crippen LogP contribution in [-0.4, -0.2) is 41.1 Å². The van der Waals surface area contributed by atoms with E-state index in [-0.39, 0.29) is 11.4 Å². The molecule has 0 unspecified atom stereocenters. The molecule has 1 saturated heterocycles. The summed E-state index contributed by atoms with van der Waals surface area (Å²) in [7, 11) is 0. The summed E-state index contributed by atoms with van der Waals surface area (Å²) in [5, 5.41) is 0.389. The van der Waals surface area contributed by atoms with Crippen molar-refractivity contribution in [3.63, 3.8) is 0 Å². The summed E-state index contributed by atoms with van der Waals surface area (Å²) in [6, 6.07) is 1.65. The quantitative estimate of drug-likeness (QED) is 0.770. The Bertz CT molecular complexity index is 434. The maximum Gasteiger partial charge on any atom is 0.256 e. The van der Waals surface area contributed by atoms with E-state index in [2.05, 4.69) is 4.98 Å². The van der Waals surface area contributed by atoms with Crippen molar-refractivity contribution in [1.82, 2.24) is 9.88 Å². The fourth-order valence-corrected chi connectivity index (χ4v) is 2.13. The average molecular weight is 255 g/mol. The fourth-order valence-electron chi connectivity index (χ4n) is 1.93. The SMILES string of the molecule is CC1(C)COCCN1C(=O)c1ccncc1Cl. The van der Waals surface area contributed by atoms with Gasteiger partial charge in [-0.1, -0.05) is 11.6 Å². The van der Waals surface area contributed by atoms with Gasteiger partial charge in [0.05, 0.1) is 29.3 Å². The van der Waals surface area contributed by atoms with Crippen LogP contribution in [0, 0.1) is 0 Å². The van der Waals surface area contributed by atoms with E-state index >= 15 is 0 Å². The van der Waals surface area contributed by atoms with E-state index in [0.29, 0.717) is 30.3 Å². The molecular weight excluding hydrogens is 240 g/mol. The van der Waals surface area contributed by atoms with E-state index < -0.39 is 0 Å². The van der Waals surface area contributed by atoms with Crippen LogP contribution in [0.1, 0.15) is 24.2 Å². The molecule has 0 radical (unpaired) electrons. The monoisotopic (exact) mass is 254 g/mol. The summed E-state index contributed by atoms with van der Waals surface area (Å²) < 4.78 is 5.39. The molecule has 2 heterocycles. The maximum atomic E-state index is 12.4. The highest BCUT2D eigenvalue weighted by Gasteiger charge is 2.35. The number of hydrogen-bond acceptors (Lipinski definition) is 3. The van der Waals surface area contributed by atoms with Crippen LogP contribution in [0.25, 0.3) is 0 Å². The van der Waals surface area contributed by atoms with Gasteiger partial charge in [0.25, 0.3) is 5.91 Å². The molecule has 1 amide bonds. The first-order valence-electron chi connectivity index (χ1n) is 5.51. The minimum absolute atomic E-state index is 0.0642. The lowest BCUT2D eigenvalue weighted by Gasteiger charge is -2.42. The van der Waals surface area contributed by atoms with Crippen molar-refractivity contribution in [1.29, 1.82) is 0 Å². The Morgan fingerprint density at radius 1 is 1.59 bits per heavy atom. The van der Waals surface area contributed by atoms with Gasteiger partial charge >= 0.3 is 0 Å². The summed E-state index contributed by atoms with van der Waals surface area (Å²) in [5.74, 6) is -0.0642. The van der Waals surface area contributed by atoms with Crippen LogP contribution in [0.4, 0.5) is 0 Å². The molecule has 0 saturated carbocycles. The number of rotatable bonds is 1. The molecule has 5 heteroatoms. The van der Waals surface area contributed by atoms with Crippen LogP contribution < -0.4 is 0 Å². The number of halogens is 1. The number of aromatic nitrogens is 1. The van der Waals surface area contributed by atoms with E-state index in [0.717, 1.165) is 0 Å². The highest BCUT2D eigenvalue weighted by Crippen LogP contribution is 2.24. The molecule has 0 N–H and O–H groups in total. The first-order valence-corrected chi connectivity index (χ1v) is 5.89. The van der Waals surface area contributed by atoms with Crippen LogP contribution in [0.15, 0.2) is 18.5 Å². The lowest BCUT2D eigenvalue weighted by molar-refractivity contribution is -0.0370. The van der Waals surface area contributed by atoms with E-state index in [4.69, 9.17) is 16.3 Å². The highest BCUT2D eigenvalue weighted by atomic mass is 35.5. The first kappa shape index (κ1) is 12.3. The number of morpholine rings is 1. The molecule has 1 aromatic heterocycles. The Labute approximate surface area is 106 Å². The highest BCUT2D eigenvalue weighted by molar-refractivity contribution is 6.33. The second-order valence-corrected chi connectivity index (χ2v) is 5.08. The smallest absolute Gasteiger partial charge is 0.256 e. The molecule has 17 heavy (non-hydrogen) atoms. The van der Waals surface area contributed by atoms with Gasteiger partial charge in [0, 0.05) is 18.9 Å². The second-order valence-electron chi connectivity index (χ2n) is 4.68. The van der Waals surface area contributed by atoms with Gasteiger partial charge in [0.1, 0.15) is 0 Å². The molecule has 0 atom stereocenters. The Kier molecular flexibility index (Phi) is 3.35. The molecule has 1 fully saturated rings. The average Bonchev–Trinajstić information content (AvgIpc) is 2.28. The van der Waals surface area contributed by atoms with Crippen molar-refractivity contribution in [2.24, 2.45) is 0 Å². The normalized spacial score (nSPS) is 19.1. The van der Waals surface area contributed by atoms with Crippen LogP contribution in [-0.2, 0) is 4.74 Å². The minimum atomic E-state index is -0.304. The maximum absolute atomic E-state index is 12.4. The fraction of sp³-hybridized carbons (Fsp3) is 0.500. The number of ether oxygens (including phenoxy) is 1. The molecule has 1 aliphatic rings. The van der Waals surface area contributed by atoms with Gasteiger partial charge in [-0.25, -0.2) is 0 Å². The largest absolute Gasteiger partial charge is 0.377 e. The molecule has 0 aromatic carbocycles. The molecule has 0 aliphatic carbocycles. The summed E-state index contributed by atoms with van der Waals surface area (Å²) in [4.78, 5) is 18.1. The number of carbonyl (C=O) groups is 1. The van der Waals surface area contributed by atoms with Crippen molar-refractivity contribution < 1.29 is 9.53 Å². The van der Waals surface area contributed by atoms with E-state index in [1.165, 1.54) is 6.20 Å². The number of amides is 1.